The summed E-state index contributed by atoms with van der Waals surface area (Å²) in [5, 5.41) is 3.67. The van der Waals surface area contributed by atoms with Gasteiger partial charge in [0.2, 0.25) is 5.91 Å². The molecule has 1 saturated heterocycles. The van der Waals surface area contributed by atoms with E-state index in [2.05, 4.69) is 33.0 Å². The van der Waals surface area contributed by atoms with Crippen molar-refractivity contribution in [3.63, 3.8) is 0 Å². The molecule has 0 aromatic heterocycles. The van der Waals surface area contributed by atoms with Crippen LogP contribution in [0.5, 0.6) is 0 Å². The average Bonchev–Trinajstić information content (AvgIpc) is 2.35. The molecule has 2 rings (SSSR count). The van der Waals surface area contributed by atoms with Gasteiger partial charge in [-0.1, -0.05) is 30.3 Å². The smallest absolute Gasteiger partial charge is 0.226 e. The van der Waals surface area contributed by atoms with Gasteiger partial charge >= 0.3 is 0 Å². The number of nitrogens with one attached hydrogen (secondary N) is 1. The number of carbonyl (C=O) groups excluding carboxylic acids is 1. The number of rotatable bonds is 3. The van der Waals surface area contributed by atoms with Crippen molar-refractivity contribution in [1.82, 2.24) is 10.2 Å². The van der Waals surface area contributed by atoms with Gasteiger partial charge in [-0.3, -0.25) is 4.79 Å². The van der Waals surface area contributed by atoms with E-state index >= 15 is 0 Å². The quantitative estimate of drug-likeness (QED) is 0.927. The van der Waals surface area contributed by atoms with E-state index in [-0.39, 0.29) is 17.0 Å². The van der Waals surface area contributed by atoms with Crippen LogP contribution in [0, 0.1) is 0 Å². The van der Waals surface area contributed by atoms with E-state index in [4.69, 9.17) is 0 Å². The van der Waals surface area contributed by atoms with E-state index in [0.29, 0.717) is 12.5 Å². The third kappa shape index (κ3) is 4.31. The second kappa shape index (κ2) is 5.80. The first-order chi connectivity index (χ1) is 9.69. The highest BCUT2D eigenvalue weighted by Crippen LogP contribution is 2.31. The van der Waals surface area contributed by atoms with Gasteiger partial charge in [0.15, 0.2) is 0 Å². The average molecular weight is 288 g/mol. The van der Waals surface area contributed by atoms with Crippen LogP contribution in [0.25, 0.3) is 0 Å². The molecule has 1 fully saturated rings. The van der Waals surface area contributed by atoms with Crippen molar-refractivity contribution in [2.24, 2.45) is 0 Å². The van der Waals surface area contributed by atoms with E-state index in [1.165, 1.54) is 0 Å². The van der Waals surface area contributed by atoms with E-state index < -0.39 is 0 Å². The standard InChI is InChI=1S/C18H28N2O/c1-17(2)12-15(13-18(3,4)19-17)20(5)16(21)11-14-9-7-6-8-10-14/h6-10,15,19H,11-13H2,1-5H3. The molecule has 3 nitrogen and oxygen atoms in total. The second-order valence-corrected chi connectivity index (χ2v) is 7.62. The SMILES string of the molecule is CN(C(=O)Cc1ccccc1)C1CC(C)(C)NC(C)(C)C1. The lowest BCUT2D eigenvalue weighted by Gasteiger charge is -2.49. The van der Waals surface area contributed by atoms with Gasteiger partial charge in [0.1, 0.15) is 0 Å². The Morgan fingerprint density at radius 2 is 1.67 bits per heavy atom. The van der Waals surface area contributed by atoms with Gasteiger partial charge in [-0.15, -0.1) is 0 Å². The Labute approximate surface area is 128 Å². The molecular formula is C18H28N2O. The summed E-state index contributed by atoms with van der Waals surface area (Å²) in [6.45, 7) is 8.87. The molecule has 1 aromatic rings. The van der Waals surface area contributed by atoms with Crippen LogP contribution in [-0.4, -0.2) is 35.0 Å². The van der Waals surface area contributed by atoms with Crippen molar-refractivity contribution in [1.29, 1.82) is 0 Å². The fourth-order valence-electron chi connectivity index (χ4n) is 3.64. The van der Waals surface area contributed by atoms with Gasteiger partial charge in [0.05, 0.1) is 6.42 Å². The highest BCUT2D eigenvalue weighted by atomic mass is 16.2. The van der Waals surface area contributed by atoms with Gasteiger partial charge in [0, 0.05) is 24.2 Å². The lowest BCUT2D eigenvalue weighted by atomic mass is 9.79. The zero-order valence-electron chi connectivity index (χ0n) is 13.9. The number of nitrogens with zero attached hydrogens (tertiary/aromatic N) is 1. The van der Waals surface area contributed by atoms with Crippen LogP contribution in [0.1, 0.15) is 46.1 Å². The first-order valence-corrected chi connectivity index (χ1v) is 7.77. The molecule has 0 radical (unpaired) electrons. The minimum Gasteiger partial charge on any atom is -0.342 e. The molecule has 0 unspecified atom stereocenters. The summed E-state index contributed by atoms with van der Waals surface area (Å²) in [6.07, 6.45) is 2.48. The zero-order chi connectivity index (χ0) is 15.7. The molecule has 0 bridgehead atoms. The minimum atomic E-state index is 0.0632. The lowest BCUT2D eigenvalue weighted by molar-refractivity contribution is -0.132. The molecule has 0 spiro atoms. The van der Waals surface area contributed by atoms with Crippen LogP contribution in [0.15, 0.2) is 30.3 Å². The summed E-state index contributed by atoms with van der Waals surface area (Å²) in [7, 11) is 1.95. The Bertz CT molecular complexity index is 477. The fourth-order valence-corrected chi connectivity index (χ4v) is 3.64. The van der Waals surface area contributed by atoms with Crippen LogP contribution in [-0.2, 0) is 11.2 Å². The number of hydrogen-bond donors (Lipinski definition) is 1. The number of hydrogen-bond acceptors (Lipinski definition) is 2. The molecule has 1 amide bonds. The molecule has 0 aliphatic carbocycles. The molecular weight excluding hydrogens is 260 g/mol. The zero-order valence-corrected chi connectivity index (χ0v) is 13.9. The van der Waals surface area contributed by atoms with Crippen LogP contribution in [0.3, 0.4) is 0 Å². The lowest BCUT2D eigenvalue weighted by Crippen LogP contribution is -2.62. The van der Waals surface area contributed by atoms with Gasteiger partial charge < -0.3 is 10.2 Å². The normalized spacial score (nSPS) is 21.0. The van der Waals surface area contributed by atoms with Crippen LogP contribution in [0.2, 0.25) is 0 Å². The van der Waals surface area contributed by atoms with Crippen molar-refractivity contribution in [2.45, 2.75) is 64.1 Å². The second-order valence-electron chi connectivity index (χ2n) is 7.62. The molecule has 116 valence electrons. The van der Waals surface area contributed by atoms with Gasteiger partial charge in [-0.05, 0) is 46.1 Å². The molecule has 1 heterocycles. The maximum atomic E-state index is 12.5. The molecule has 1 N–H and O–H groups in total. The summed E-state index contributed by atoms with van der Waals surface area (Å²) in [4.78, 5) is 14.5. The molecule has 1 aliphatic heterocycles. The molecule has 3 heteroatoms. The highest BCUT2D eigenvalue weighted by molar-refractivity contribution is 5.78. The Morgan fingerprint density at radius 3 is 2.19 bits per heavy atom. The maximum Gasteiger partial charge on any atom is 0.226 e. The molecule has 0 saturated carbocycles. The summed E-state index contributed by atoms with van der Waals surface area (Å²) < 4.78 is 0. The third-order valence-corrected chi connectivity index (χ3v) is 4.31. The Hall–Kier alpha value is -1.35. The maximum absolute atomic E-state index is 12.5. The van der Waals surface area contributed by atoms with Crippen molar-refractivity contribution in [3.8, 4) is 0 Å². The van der Waals surface area contributed by atoms with Gasteiger partial charge in [-0.2, -0.15) is 0 Å². The van der Waals surface area contributed by atoms with Crippen molar-refractivity contribution < 1.29 is 4.79 Å². The fraction of sp³-hybridized carbons (Fsp3) is 0.611. The van der Waals surface area contributed by atoms with Crippen LogP contribution < -0.4 is 5.32 Å². The summed E-state index contributed by atoms with van der Waals surface area (Å²) in [6, 6.07) is 10.3. The number of piperidine rings is 1. The monoisotopic (exact) mass is 288 g/mol. The molecule has 1 aromatic carbocycles. The number of amides is 1. The third-order valence-electron chi connectivity index (χ3n) is 4.31. The minimum absolute atomic E-state index is 0.0632. The first-order valence-electron chi connectivity index (χ1n) is 7.77. The number of benzene rings is 1. The van der Waals surface area contributed by atoms with E-state index in [9.17, 15) is 4.79 Å². The van der Waals surface area contributed by atoms with Gasteiger partial charge in [-0.25, -0.2) is 0 Å². The van der Waals surface area contributed by atoms with Crippen LogP contribution in [0.4, 0.5) is 0 Å². The van der Waals surface area contributed by atoms with E-state index in [0.717, 1.165) is 18.4 Å². The summed E-state index contributed by atoms with van der Waals surface area (Å²) >= 11 is 0. The molecule has 21 heavy (non-hydrogen) atoms. The largest absolute Gasteiger partial charge is 0.342 e. The Kier molecular flexibility index (Phi) is 4.43. The predicted octanol–water partition coefficient (Wildman–Crippen LogP) is 3.00. The van der Waals surface area contributed by atoms with E-state index in [1.54, 1.807) is 0 Å². The van der Waals surface area contributed by atoms with Gasteiger partial charge in [0.25, 0.3) is 0 Å². The summed E-state index contributed by atoms with van der Waals surface area (Å²) in [5.41, 5.74) is 1.21. The topological polar surface area (TPSA) is 32.3 Å². The Balaban J connectivity index is 2.05. The predicted molar refractivity (Wildman–Crippen MR) is 87.2 cm³/mol. The van der Waals surface area contributed by atoms with E-state index in [1.807, 2.05) is 42.3 Å². The van der Waals surface area contributed by atoms with Crippen molar-refractivity contribution in [3.05, 3.63) is 35.9 Å². The van der Waals surface area contributed by atoms with Crippen molar-refractivity contribution >= 4 is 5.91 Å². The number of carbonyl (C=O) groups is 1. The molecule has 0 atom stereocenters. The summed E-state index contributed by atoms with van der Waals surface area (Å²) in [5.74, 6) is 0.208. The van der Waals surface area contributed by atoms with Crippen molar-refractivity contribution in [2.75, 3.05) is 7.05 Å². The van der Waals surface area contributed by atoms with Crippen LogP contribution >= 0.6 is 0 Å². The first kappa shape index (κ1) is 16.0. The molecule has 1 aliphatic rings. The number of likely N-dealkylation sites (N-methyl/N-ethyl adjacent to an activating group) is 1. The highest BCUT2D eigenvalue weighted by Gasteiger charge is 2.40. The Morgan fingerprint density at radius 1 is 1.14 bits per heavy atom.